The maximum atomic E-state index is 13.7. The summed E-state index contributed by atoms with van der Waals surface area (Å²) in [5, 5.41) is 6.95. The first kappa shape index (κ1) is 39.1. The van der Waals surface area contributed by atoms with E-state index < -0.39 is 58.8 Å². The van der Waals surface area contributed by atoms with E-state index in [2.05, 4.69) is 20.5 Å². The topological polar surface area (TPSA) is 107 Å². The molecule has 0 aliphatic heterocycles. The van der Waals surface area contributed by atoms with Gasteiger partial charge in [-0.2, -0.15) is 26.3 Å². The monoisotopic (exact) mass is 757 g/mol. The molecule has 2 amide bonds. The summed E-state index contributed by atoms with van der Waals surface area (Å²) in [6, 6.07) is 14.4. The van der Waals surface area contributed by atoms with Crippen molar-refractivity contribution in [2.45, 2.75) is 32.2 Å². The lowest BCUT2D eigenvalue weighted by atomic mass is 10.2. The number of nitrogens with one attached hydrogen (secondary N) is 1. The molecule has 0 saturated carbocycles. The van der Waals surface area contributed by atoms with Crippen LogP contribution < -0.4 is 19.7 Å². The van der Waals surface area contributed by atoms with Gasteiger partial charge < -0.3 is 19.7 Å². The number of benzene rings is 3. The maximum Gasteiger partial charge on any atom is 0.445 e. The number of anilines is 2. The van der Waals surface area contributed by atoms with Crippen LogP contribution in [0.3, 0.4) is 0 Å². The second-order valence-electron chi connectivity index (χ2n) is 10.6. The molecule has 0 atom stereocenters. The minimum Gasteiger partial charge on any atom is -0.459 e. The molecule has 2 aromatic heterocycles. The summed E-state index contributed by atoms with van der Waals surface area (Å²) in [6.45, 7) is 2.98. The Morgan fingerprint density at radius 3 is 2.15 bits per heavy atom. The van der Waals surface area contributed by atoms with Crippen molar-refractivity contribution in [1.82, 2.24) is 15.2 Å². The summed E-state index contributed by atoms with van der Waals surface area (Å²) < 4.78 is 126. The van der Waals surface area contributed by atoms with Crippen LogP contribution in [-0.2, 0) is 17.1 Å². The first-order chi connectivity index (χ1) is 24.4. The lowest BCUT2D eigenvalue weighted by Gasteiger charge is -2.26. The summed E-state index contributed by atoms with van der Waals surface area (Å²) in [7, 11) is 0. The van der Waals surface area contributed by atoms with E-state index in [-0.39, 0.29) is 45.5 Å². The van der Waals surface area contributed by atoms with E-state index in [1.54, 1.807) is 13.8 Å². The molecule has 0 bridgehead atoms. The van der Waals surface area contributed by atoms with Crippen LogP contribution in [0.25, 0.3) is 0 Å². The van der Waals surface area contributed by atoms with E-state index >= 15 is 0 Å². The summed E-state index contributed by atoms with van der Waals surface area (Å²) in [5.74, 6) is -4.04. The number of hydrogen-bond donors (Lipinski definition) is 1. The number of nitrogens with zero attached hydrogens (tertiary/aromatic N) is 4. The third kappa shape index (κ3) is 10.6. The number of pyridine rings is 1. The van der Waals surface area contributed by atoms with Crippen molar-refractivity contribution in [3.05, 3.63) is 119 Å². The molecule has 2 heterocycles. The van der Waals surface area contributed by atoms with E-state index in [1.165, 1.54) is 53.6 Å². The molecule has 0 spiro atoms. The van der Waals surface area contributed by atoms with Gasteiger partial charge in [0.05, 0.1) is 11.3 Å². The molecule has 5 rings (SSSR count). The van der Waals surface area contributed by atoms with Crippen LogP contribution in [0.2, 0.25) is 0 Å². The number of amides is 2. The fourth-order valence-electron chi connectivity index (χ4n) is 4.18. The number of alkyl halides is 6. The average Bonchev–Trinajstić information content (AvgIpc) is 3.56. The molecule has 0 saturated heterocycles. The number of carbonyl (C=O) groups excluding carboxylic acids is 2. The first-order valence-corrected chi connectivity index (χ1v) is 15.4. The van der Waals surface area contributed by atoms with Gasteiger partial charge in [-0.25, -0.2) is 18.2 Å². The predicted octanol–water partition coefficient (Wildman–Crippen LogP) is 8.94. The molecular formula is C33H24F9N5O4S. The van der Waals surface area contributed by atoms with Gasteiger partial charge >= 0.3 is 12.4 Å². The molecule has 0 aliphatic rings. The Hall–Kier alpha value is -5.72. The number of ether oxygens (including phenoxy) is 2. The van der Waals surface area contributed by atoms with Gasteiger partial charge in [-0.3, -0.25) is 9.59 Å². The molecule has 3 aromatic carbocycles. The van der Waals surface area contributed by atoms with Gasteiger partial charge in [0.2, 0.25) is 10.9 Å². The average molecular weight is 758 g/mol. The van der Waals surface area contributed by atoms with Gasteiger partial charge in [0.1, 0.15) is 28.8 Å². The van der Waals surface area contributed by atoms with Crippen molar-refractivity contribution in [1.29, 1.82) is 0 Å². The fourth-order valence-corrected chi connectivity index (χ4v) is 4.74. The second-order valence-corrected chi connectivity index (χ2v) is 11.5. The van der Waals surface area contributed by atoms with Gasteiger partial charge in [0, 0.05) is 24.0 Å². The smallest absolute Gasteiger partial charge is 0.445 e. The van der Waals surface area contributed by atoms with Crippen molar-refractivity contribution in [2.75, 3.05) is 16.8 Å². The van der Waals surface area contributed by atoms with Crippen LogP contribution >= 0.6 is 11.3 Å². The second kappa shape index (κ2) is 16.5. The highest BCUT2D eigenvalue weighted by atomic mass is 32.1. The van der Waals surface area contributed by atoms with Crippen LogP contribution in [0.15, 0.2) is 85.1 Å². The Morgan fingerprint density at radius 1 is 0.846 bits per heavy atom. The van der Waals surface area contributed by atoms with Crippen LogP contribution in [0.5, 0.6) is 16.8 Å². The molecule has 0 radical (unpaired) electrons. The molecule has 0 unspecified atom stereocenters. The van der Waals surface area contributed by atoms with Crippen molar-refractivity contribution in [3.63, 3.8) is 0 Å². The summed E-state index contributed by atoms with van der Waals surface area (Å²) in [5.41, 5.74) is -0.905. The third-order valence-corrected chi connectivity index (χ3v) is 7.31. The van der Waals surface area contributed by atoms with Gasteiger partial charge in [-0.05, 0) is 80.6 Å². The van der Waals surface area contributed by atoms with Crippen molar-refractivity contribution in [2.24, 2.45) is 0 Å². The van der Waals surface area contributed by atoms with Crippen LogP contribution in [0, 0.1) is 17.5 Å². The molecular weight excluding hydrogens is 733 g/mol. The third-order valence-electron chi connectivity index (χ3n) is 6.43. The van der Waals surface area contributed by atoms with E-state index in [0.29, 0.717) is 11.8 Å². The Morgan fingerprint density at radius 2 is 1.54 bits per heavy atom. The molecule has 0 aliphatic carbocycles. The molecule has 274 valence electrons. The number of aromatic nitrogens is 3. The summed E-state index contributed by atoms with van der Waals surface area (Å²) >= 11 is 0.210. The molecule has 5 aromatic rings. The molecule has 52 heavy (non-hydrogen) atoms. The van der Waals surface area contributed by atoms with Crippen molar-refractivity contribution < 1.29 is 58.6 Å². The number of halogens is 9. The standard InChI is InChI=1S/C19H11F5N2O2.C14H13F4N3O2S/c20-12-6-7-16(15(21)10-12)26-17(27)14-5-2-8-25-18(14)28-13-4-1-3-11(9-13)19(22,23)24;1-8(2)21(10-5-3-9(15)4-6-10)11(22)7-23-13-20-19-12(24-13)14(16,17)18/h1-10H,(H,26,27);3-6,8H,7H2,1-2H3. The van der Waals surface area contributed by atoms with Crippen molar-refractivity contribution in [3.8, 4) is 16.8 Å². The maximum absolute atomic E-state index is 13.7. The molecule has 19 heteroatoms. The highest BCUT2D eigenvalue weighted by Gasteiger charge is 2.36. The van der Waals surface area contributed by atoms with Crippen LogP contribution in [0.4, 0.5) is 50.9 Å². The van der Waals surface area contributed by atoms with E-state index in [9.17, 15) is 49.1 Å². The zero-order chi connectivity index (χ0) is 38.2. The highest BCUT2D eigenvalue weighted by Crippen LogP contribution is 2.35. The summed E-state index contributed by atoms with van der Waals surface area (Å²) in [4.78, 5) is 29.9. The van der Waals surface area contributed by atoms with E-state index in [4.69, 9.17) is 9.47 Å². The van der Waals surface area contributed by atoms with Gasteiger partial charge in [0.25, 0.3) is 17.0 Å². The zero-order valence-electron chi connectivity index (χ0n) is 26.6. The highest BCUT2D eigenvalue weighted by molar-refractivity contribution is 7.13. The lowest BCUT2D eigenvalue weighted by molar-refractivity contribution is -0.138. The van der Waals surface area contributed by atoms with Crippen LogP contribution in [-0.4, -0.2) is 39.6 Å². The Labute approximate surface area is 292 Å². The Kier molecular flexibility index (Phi) is 12.4. The molecule has 0 fully saturated rings. The van der Waals surface area contributed by atoms with E-state index in [1.807, 2.05) is 0 Å². The number of carbonyl (C=O) groups is 2. The predicted molar refractivity (Wildman–Crippen MR) is 169 cm³/mol. The van der Waals surface area contributed by atoms with Crippen molar-refractivity contribution >= 4 is 34.5 Å². The number of rotatable bonds is 9. The Bertz CT molecular complexity index is 2010. The van der Waals surface area contributed by atoms with Gasteiger partial charge in [0.15, 0.2) is 6.61 Å². The van der Waals surface area contributed by atoms with Crippen LogP contribution in [0.1, 0.15) is 34.8 Å². The largest absolute Gasteiger partial charge is 0.459 e. The first-order valence-electron chi connectivity index (χ1n) is 14.6. The van der Waals surface area contributed by atoms with E-state index in [0.717, 1.165) is 30.3 Å². The summed E-state index contributed by atoms with van der Waals surface area (Å²) in [6.07, 6.45) is -7.90. The minimum absolute atomic E-state index is 0.149. The molecule has 9 nitrogen and oxygen atoms in total. The Balaban J connectivity index is 0.000000236. The van der Waals surface area contributed by atoms with Gasteiger partial charge in [-0.15, -0.1) is 5.10 Å². The minimum atomic E-state index is -4.61. The fraction of sp³-hybridized carbons (Fsp3) is 0.182. The normalized spacial score (nSPS) is 11.4. The quantitative estimate of drug-likeness (QED) is 0.150. The molecule has 1 N–H and O–H groups in total. The van der Waals surface area contributed by atoms with Gasteiger partial charge in [-0.1, -0.05) is 22.5 Å². The zero-order valence-corrected chi connectivity index (χ0v) is 27.4. The SMILES string of the molecule is CC(C)N(C(=O)COc1nnc(C(F)(F)F)s1)c1ccc(F)cc1.O=C(Nc1ccc(F)cc1F)c1cccnc1Oc1cccc(C(F)(F)F)c1. The number of hydrogen-bond acceptors (Lipinski definition) is 8. The lowest BCUT2D eigenvalue weighted by Crippen LogP contribution is -2.40.